The molecule has 0 aliphatic heterocycles. The summed E-state index contributed by atoms with van der Waals surface area (Å²) in [7, 11) is 1.70. The van der Waals surface area contributed by atoms with Gasteiger partial charge in [0.2, 0.25) is 0 Å². The fourth-order valence-corrected chi connectivity index (χ4v) is 2.58. The second kappa shape index (κ2) is 7.51. The molecule has 0 saturated heterocycles. The zero-order chi connectivity index (χ0) is 13.5. The molecule has 0 amide bonds. The van der Waals surface area contributed by atoms with Crippen LogP contribution >= 0.6 is 0 Å². The van der Waals surface area contributed by atoms with Crippen LogP contribution in [0, 0.1) is 0 Å². The largest absolute Gasteiger partial charge is 0.497 e. The molecule has 1 aliphatic carbocycles. The molecule has 1 fully saturated rings. The maximum absolute atomic E-state index is 5.85. The Morgan fingerprint density at radius 1 is 1.32 bits per heavy atom. The lowest BCUT2D eigenvalue weighted by Crippen LogP contribution is -2.25. The molecule has 0 heterocycles. The van der Waals surface area contributed by atoms with Crippen LogP contribution in [-0.4, -0.2) is 26.4 Å². The predicted octanol–water partition coefficient (Wildman–Crippen LogP) is 3.31. The van der Waals surface area contributed by atoms with Crippen molar-refractivity contribution in [3.05, 3.63) is 29.8 Å². The van der Waals surface area contributed by atoms with Gasteiger partial charge in [-0.25, -0.2) is 0 Å². The number of hydrogen-bond acceptors (Lipinski definition) is 3. The monoisotopic (exact) mass is 263 g/mol. The Morgan fingerprint density at radius 2 is 2.11 bits per heavy atom. The fourth-order valence-electron chi connectivity index (χ4n) is 2.58. The van der Waals surface area contributed by atoms with Gasteiger partial charge in [-0.2, -0.15) is 0 Å². The van der Waals surface area contributed by atoms with E-state index in [1.807, 2.05) is 12.1 Å². The Balaban J connectivity index is 1.69. The molecule has 1 aromatic rings. The lowest BCUT2D eigenvalue weighted by Gasteiger charge is -2.16. The van der Waals surface area contributed by atoms with E-state index in [0.717, 1.165) is 18.9 Å². The first-order chi connectivity index (χ1) is 9.29. The molecule has 0 aromatic heterocycles. The Morgan fingerprint density at radius 3 is 2.84 bits per heavy atom. The summed E-state index contributed by atoms with van der Waals surface area (Å²) >= 11 is 0. The van der Waals surface area contributed by atoms with Crippen molar-refractivity contribution in [2.45, 2.75) is 44.8 Å². The molecule has 1 saturated carbocycles. The van der Waals surface area contributed by atoms with Crippen molar-refractivity contribution in [1.29, 1.82) is 0 Å². The van der Waals surface area contributed by atoms with Crippen molar-refractivity contribution in [1.82, 2.24) is 5.32 Å². The topological polar surface area (TPSA) is 30.5 Å². The van der Waals surface area contributed by atoms with Crippen LogP contribution in [0.15, 0.2) is 24.3 Å². The number of ether oxygens (including phenoxy) is 2. The molecule has 0 spiro atoms. The highest BCUT2D eigenvalue weighted by molar-refractivity contribution is 5.30. The van der Waals surface area contributed by atoms with Crippen LogP contribution in [0.1, 0.15) is 44.2 Å². The van der Waals surface area contributed by atoms with Crippen LogP contribution in [0.25, 0.3) is 0 Å². The molecule has 1 aliphatic rings. The van der Waals surface area contributed by atoms with E-state index in [2.05, 4.69) is 24.4 Å². The Kier molecular flexibility index (Phi) is 5.67. The number of methoxy groups -OCH3 is 1. The van der Waals surface area contributed by atoms with Crippen molar-refractivity contribution in [3.63, 3.8) is 0 Å². The van der Waals surface area contributed by atoms with Crippen LogP contribution in [0.3, 0.4) is 0 Å². The van der Waals surface area contributed by atoms with Crippen LogP contribution < -0.4 is 10.1 Å². The summed E-state index contributed by atoms with van der Waals surface area (Å²) in [6.45, 7) is 3.87. The van der Waals surface area contributed by atoms with Gasteiger partial charge in [0.05, 0.1) is 19.8 Å². The summed E-state index contributed by atoms with van der Waals surface area (Å²) in [5, 5.41) is 3.49. The summed E-state index contributed by atoms with van der Waals surface area (Å²) in [6, 6.07) is 8.52. The number of hydrogen-bond donors (Lipinski definition) is 1. The number of rotatable bonds is 7. The van der Waals surface area contributed by atoms with Crippen LogP contribution in [-0.2, 0) is 4.74 Å². The van der Waals surface area contributed by atoms with Gasteiger partial charge in [-0.1, -0.05) is 25.0 Å². The van der Waals surface area contributed by atoms with E-state index in [4.69, 9.17) is 9.47 Å². The van der Waals surface area contributed by atoms with Crippen LogP contribution in [0.2, 0.25) is 0 Å². The van der Waals surface area contributed by atoms with Crippen molar-refractivity contribution < 1.29 is 9.47 Å². The Hall–Kier alpha value is -1.06. The summed E-state index contributed by atoms with van der Waals surface area (Å²) in [6.07, 6.45) is 5.65. The van der Waals surface area contributed by atoms with E-state index in [-0.39, 0.29) is 0 Å². The average molecular weight is 263 g/mol. The van der Waals surface area contributed by atoms with E-state index in [1.165, 1.54) is 31.2 Å². The van der Waals surface area contributed by atoms with Gasteiger partial charge in [0.1, 0.15) is 5.75 Å². The van der Waals surface area contributed by atoms with Gasteiger partial charge < -0.3 is 14.8 Å². The molecule has 3 nitrogen and oxygen atoms in total. The van der Waals surface area contributed by atoms with Gasteiger partial charge in [-0.05, 0) is 37.5 Å². The van der Waals surface area contributed by atoms with Crippen molar-refractivity contribution in [3.8, 4) is 5.75 Å². The first kappa shape index (κ1) is 14.4. The molecule has 19 heavy (non-hydrogen) atoms. The van der Waals surface area contributed by atoms with E-state index in [1.54, 1.807) is 7.11 Å². The molecule has 1 aromatic carbocycles. The quantitative estimate of drug-likeness (QED) is 0.766. The second-order valence-corrected chi connectivity index (χ2v) is 5.23. The molecule has 1 atom stereocenters. The highest BCUT2D eigenvalue weighted by atomic mass is 16.5. The molecular weight excluding hydrogens is 238 g/mol. The van der Waals surface area contributed by atoms with Crippen LogP contribution in [0.5, 0.6) is 5.75 Å². The van der Waals surface area contributed by atoms with Gasteiger partial charge in [-0.15, -0.1) is 0 Å². The van der Waals surface area contributed by atoms with Gasteiger partial charge in [-0.3, -0.25) is 0 Å². The lowest BCUT2D eigenvalue weighted by atomic mass is 10.1. The van der Waals surface area contributed by atoms with Crippen molar-refractivity contribution in [2.24, 2.45) is 0 Å². The summed E-state index contributed by atoms with van der Waals surface area (Å²) in [5.41, 5.74) is 1.25. The maximum Gasteiger partial charge on any atom is 0.119 e. The molecule has 0 bridgehead atoms. The minimum atomic E-state index is 0.322. The highest BCUT2D eigenvalue weighted by Gasteiger charge is 2.14. The summed E-state index contributed by atoms with van der Waals surface area (Å²) < 4.78 is 11.1. The van der Waals surface area contributed by atoms with E-state index in [0.29, 0.717) is 12.1 Å². The summed E-state index contributed by atoms with van der Waals surface area (Å²) in [5.74, 6) is 0.911. The SMILES string of the molecule is COc1cccc(C(C)NCCOC2CCCC2)c1. The summed E-state index contributed by atoms with van der Waals surface area (Å²) in [4.78, 5) is 0. The third-order valence-corrected chi connectivity index (χ3v) is 3.80. The van der Waals surface area contributed by atoms with E-state index in [9.17, 15) is 0 Å². The van der Waals surface area contributed by atoms with E-state index < -0.39 is 0 Å². The molecule has 1 N–H and O–H groups in total. The number of nitrogens with one attached hydrogen (secondary N) is 1. The molecule has 0 radical (unpaired) electrons. The molecule has 3 heteroatoms. The first-order valence-corrected chi connectivity index (χ1v) is 7.28. The van der Waals surface area contributed by atoms with Gasteiger partial charge >= 0.3 is 0 Å². The minimum Gasteiger partial charge on any atom is -0.497 e. The van der Waals surface area contributed by atoms with Crippen molar-refractivity contribution in [2.75, 3.05) is 20.3 Å². The predicted molar refractivity (Wildman–Crippen MR) is 77.6 cm³/mol. The molecular formula is C16H25NO2. The molecule has 106 valence electrons. The average Bonchev–Trinajstić information content (AvgIpc) is 2.96. The van der Waals surface area contributed by atoms with E-state index >= 15 is 0 Å². The maximum atomic E-state index is 5.85. The Bertz CT molecular complexity index is 375. The third kappa shape index (κ3) is 4.51. The second-order valence-electron chi connectivity index (χ2n) is 5.23. The zero-order valence-electron chi connectivity index (χ0n) is 12.0. The Labute approximate surface area is 116 Å². The molecule has 1 unspecified atom stereocenters. The number of benzene rings is 1. The lowest BCUT2D eigenvalue weighted by molar-refractivity contribution is 0.0593. The minimum absolute atomic E-state index is 0.322. The highest BCUT2D eigenvalue weighted by Crippen LogP contribution is 2.21. The normalized spacial score (nSPS) is 17.6. The standard InChI is InChI=1S/C16H25NO2/c1-13(14-6-5-9-16(12-14)18-2)17-10-11-19-15-7-3-4-8-15/h5-6,9,12-13,15,17H,3-4,7-8,10-11H2,1-2H3. The van der Waals surface area contributed by atoms with Gasteiger partial charge in [0.25, 0.3) is 0 Å². The third-order valence-electron chi connectivity index (χ3n) is 3.80. The fraction of sp³-hybridized carbons (Fsp3) is 0.625. The van der Waals surface area contributed by atoms with Crippen molar-refractivity contribution >= 4 is 0 Å². The zero-order valence-corrected chi connectivity index (χ0v) is 12.0. The smallest absolute Gasteiger partial charge is 0.119 e. The van der Waals surface area contributed by atoms with Crippen LogP contribution in [0.4, 0.5) is 0 Å². The first-order valence-electron chi connectivity index (χ1n) is 7.28. The van der Waals surface area contributed by atoms with Gasteiger partial charge in [0.15, 0.2) is 0 Å². The molecule has 2 rings (SSSR count). The van der Waals surface area contributed by atoms with Gasteiger partial charge in [0, 0.05) is 12.6 Å².